The fourth-order valence-electron chi connectivity index (χ4n) is 3.60. The van der Waals surface area contributed by atoms with Crippen molar-refractivity contribution >= 4 is 34.6 Å². The van der Waals surface area contributed by atoms with Crippen molar-refractivity contribution < 1.29 is 4.79 Å². The number of benzene rings is 1. The van der Waals surface area contributed by atoms with Gasteiger partial charge in [-0.15, -0.1) is 0 Å². The first kappa shape index (κ1) is 20.1. The molecule has 3 aromatic rings. The largest absolute Gasteiger partial charge is 0.337 e. The number of thiocarbonyl (C=S) groups is 1. The predicted molar refractivity (Wildman–Crippen MR) is 121 cm³/mol. The first-order valence-electron chi connectivity index (χ1n) is 10.1. The van der Waals surface area contributed by atoms with Crippen LogP contribution in [0.3, 0.4) is 0 Å². The molecule has 0 bridgehead atoms. The first-order valence-corrected chi connectivity index (χ1v) is 10.5. The zero-order chi connectivity index (χ0) is 20.9. The van der Waals surface area contributed by atoms with Gasteiger partial charge in [-0.05, 0) is 37.0 Å². The number of piperidine rings is 1. The molecule has 0 unspecified atom stereocenters. The van der Waals surface area contributed by atoms with Crippen molar-refractivity contribution in [2.75, 3.05) is 23.7 Å². The van der Waals surface area contributed by atoms with Crippen LogP contribution in [-0.4, -0.2) is 48.6 Å². The fraction of sp³-hybridized carbons (Fsp3) is 0.333. The van der Waals surface area contributed by atoms with Crippen LogP contribution in [0.1, 0.15) is 35.3 Å². The van der Waals surface area contributed by atoms with Gasteiger partial charge >= 0.3 is 0 Å². The summed E-state index contributed by atoms with van der Waals surface area (Å²) in [5.74, 6) is -0.0179. The third-order valence-corrected chi connectivity index (χ3v) is 5.32. The number of carbonyl (C=O) groups is 1. The van der Waals surface area contributed by atoms with Gasteiger partial charge in [-0.1, -0.05) is 30.3 Å². The van der Waals surface area contributed by atoms with E-state index in [1.54, 1.807) is 24.1 Å². The summed E-state index contributed by atoms with van der Waals surface area (Å²) in [6.07, 6.45) is 8.50. The van der Waals surface area contributed by atoms with Crippen LogP contribution in [0, 0.1) is 0 Å². The van der Waals surface area contributed by atoms with Gasteiger partial charge in [-0.3, -0.25) is 14.2 Å². The Hall–Kier alpha value is -3.20. The summed E-state index contributed by atoms with van der Waals surface area (Å²) in [5.41, 5.74) is 3.06. The Morgan fingerprint density at radius 3 is 2.60 bits per heavy atom. The van der Waals surface area contributed by atoms with Crippen LogP contribution in [0.4, 0.5) is 11.4 Å². The van der Waals surface area contributed by atoms with E-state index in [2.05, 4.69) is 33.0 Å². The number of aromatic nitrogens is 4. The molecule has 9 heteroatoms. The maximum Gasteiger partial charge on any atom is 0.274 e. The molecule has 1 fully saturated rings. The van der Waals surface area contributed by atoms with Crippen molar-refractivity contribution in [1.82, 2.24) is 24.5 Å². The van der Waals surface area contributed by atoms with Crippen molar-refractivity contribution in [3.8, 4) is 0 Å². The molecule has 1 saturated heterocycles. The lowest BCUT2D eigenvalue weighted by atomic mass is 10.1. The molecule has 0 spiro atoms. The quantitative estimate of drug-likeness (QED) is 0.614. The van der Waals surface area contributed by atoms with E-state index in [9.17, 15) is 4.79 Å². The minimum atomic E-state index is -0.0179. The number of hydrogen-bond acceptors (Lipinski definition) is 4. The van der Waals surface area contributed by atoms with Crippen LogP contribution in [-0.2, 0) is 13.6 Å². The Kier molecular flexibility index (Phi) is 6.08. The minimum Gasteiger partial charge on any atom is -0.337 e. The van der Waals surface area contributed by atoms with Crippen molar-refractivity contribution in [3.63, 3.8) is 0 Å². The van der Waals surface area contributed by atoms with E-state index in [1.807, 2.05) is 34.0 Å². The van der Waals surface area contributed by atoms with E-state index in [0.717, 1.165) is 31.6 Å². The molecule has 0 radical (unpaired) electrons. The van der Waals surface area contributed by atoms with E-state index < -0.39 is 0 Å². The van der Waals surface area contributed by atoms with Gasteiger partial charge < -0.3 is 15.5 Å². The maximum atomic E-state index is 13.0. The van der Waals surface area contributed by atoms with Crippen LogP contribution in [0.25, 0.3) is 0 Å². The summed E-state index contributed by atoms with van der Waals surface area (Å²) in [6, 6.07) is 10.1. The molecular weight excluding hydrogens is 398 g/mol. The van der Waals surface area contributed by atoms with Gasteiger partial charge in [0.25, 0.3) is 5.91 Å². The second-order valence-electron chi connectivity index (χ2n) is 7.37. The molecule has 1 amide bonds. The van der Waals surface area contributed by atoms with Crippen LogP contribution >= 0.6 is 12.2 Å². The number of aryl methyl sites for hydroxylation is 1. The highest BCUT2D eigenvalue weighted by atomic mass is 32.1. The topological polar surface area (TPSA) is 80.0 Å². The van der Waals surface area contributed by atoms with Crippen LogP contribution < -0.4 is 10.6 Å². The van der Waals surface area contributed by atoms with Crippen LogP contribution in [0.15, 0.2) is 48.9 Å². The second-order valence-corrected chi connectivity index (χ2v) is 7.78. The summed E-state index contributed by atoms with van der Waals surface area (Å²) < 4.78 is 3.44. The number of hydrogen-bond donors (Lipinski definition) is 2. The average Bonchev–Trinajstić information content (AvgIpc) is 3.35. The molecule has 3 heterocycles. The Bertz CT molecular complexity index is 1020. The number of likely N-dealkylation sites (tertiary alicyclic amines) is 1. The van der Waals surface area contributed by atoms with Gasteiger partial charge in [0.05, 0.1) is 30.3 Å². The molecule has 8 nitrogen and oxygen atoms in total. The summed E-state index contributed by atoms with van der Waals surface area (Å²) in [4.78, 5) is 14.9. The molecule has 1 aromatic carbocycles. The molecule has 2 aromatic heterocycles. The summed E-state index contributed by atoms with van der Waals surface area (Å²) in [6.45, 7) is 2.25. The number of anilines is 2. The van der Waals surface area contributed by atoms with E-state index in [-0.39, 0.29) is 5.91 Å². The lowest BCUT2D eigenvalue weighted by Crippen LogP contribution is -2.37. The Labute approximate surface area is 180 Å². The van der Waals surface area contributed by atoms with Crippen LogP contribution in [0.5, 0.6) is 0 Å². The molecule has 2 N–H and O–H groups in total. The third kappa shape index (κ3) is 4.68. The molecule has 156 valence electrons. The Balaban J connectivity index is 1.39. The summed E-state index contributed by atoms with van der Waals surface area (Å²) in [5, 5.41) is 15.2. The number of nitrogens with zero attached hydrogens (tertiary/aromatic N) is 5. The maximum absolute atomic E-state index is 13.0. The minimum absolute atomic E-state index is 0.0179. The number of amides is 1. The van der Waals surface area contributed by atoms with Crippen molar-refractivity contribution in [2.45, 2.75) is 25.8 Å². The van der Waals surface area contributed by atoms with Crippen molar-refractivity contribution in [3.05, 3.63) is 60.2 Å². The second kappa shape index (κ2) is 9.08. The normalized spacial score (nSPS) is 13.8. The predicted octanol–water partition coefficient (Wildman–Crippen LogP) is 3.10. The molecule has 0 aliphatic carbocycles. The van der Waals surface area contributed by atoms with Gasteiger partial charge in [0.15, 0.2) is 5.11 Å². The van der Waals surface area contributed by atoms with E-state index in [0.29, 0.717) is 23.0 Å². The smallest absolute Gasteiger partial charge is 0.274 e. The average molecular weight is 424 g/mol. The highest BCUT2D eigenvalue weighted by molar-refractivity contribution is 7.80. The molecule has 30 heavy (non-hydrogen) atoms. The zero-order valence-corrected chi connectivity index (χ0v) is 17.7. The first-order chi connectivity index (χ1) is 14.6. The van der Waals surface area contributed by atoms with Gasteiger partial charge in [-0.25, -0.2) is 0 Å². The zero-order valence-electron chi connectivity index (χ0n) is 16.9. The molecule has 0 atom stereocenters. The number of rotatable bonds is 5. The number of carbonyl (C=O) groups excluding carboxylic acids is 1. The monoisotopic (exact) mass is 423 g/mol. The molecular formula is C21H25N7OS. The molecule has 4 rings (SSSR count). The van der Waals surface area contributed by atoms with Crippen molar-refractivity contribution in [1.29, 1.82) is 0 Å². The SMILES string of the molecule is Cn1ncc(NC(=S)Nc2cnn(Cc3ccccc3)c2)c1C(=O)N1CCCCC1. The van der Waals surface area contributed by atoms with E-state index >= 15 is 0 Å². The molecule has 1 aliphatic heterocycles. The highest BCUT2D eigenvalue weighted by Crippen LogP contribution is 2.20. The van der Waals surface area contributed by atoms with E-state index in [4.69, 9.17) is 12.2 Å². The van der Waals surface area contributed by atoms with Gasteiger partial charge in [0.1, 0.15) is 5.69 Å². The molecule has 1 aliphatic rings. The summed E-state index contributed by atoms with van der Waals surface area (Å²) in [7, 11) is 1.77. The third-order valence-electron chi connectivity index (χ3n) is 5.11. The number of nitrogens with one attached hydrogen (secondary N) is 2. The Morgan fingerprint density at radius 2 is 1.83 bits per heavy atom. The standard InChI is InChI=1S/C21H25N7OS/c1-26-19(20(29)27-10-6-3-7-11-27)18(13-22-26)25-21(30)24-17-12-23-28(15-17)14-16-8-4-2-5-9-16/h2,4-5,8-9,12-13,15H,3,6-7,10-11,14H2,1H3,(H2,24,25,30). The van der Waals surface area contributed by atoms with E-state index in [1.165, 1.54) is 12.0 Å². The lowest BCUT2D eigenvalue weighted by molar-refractivity contribution is 0.0714. The summed E-state index contributed by atoms with van der Waals surface area (Å²) >= 11 is 5.45. The van der Waals surface area contributed by atoms with Crippen molar-refractivity contribution in [2.24, 2.45) is 7.05 Å². The van der Waals surface area contributed by atoms with Gasteiger partial charge in [0, 0.05) is 26.3 Å². The van der Waals surface area contributed by atoms with Gasteiger partial charge in [0.2, 0.25) is 0 Å². The lowest BCUT2D eigenvalue weighted by Gasteiger charge is -2.27. The van der Waals surface area contributed by atoms with Gasteiger partial charge in [-0.2, -0.15) is 10.2 Å². The highest BCUT2D eigenvalue weighted by Gasteiger charge is 2.24. The Morgan fingerprint density at radius 1 is 1.07 bits per heavy atom. The fourth-order valence-corrected chi connectivity index (χ4v) is 3.83. The van der Waals surface area contributed by atoms with Crippen LogP contribution in [0.2, 0.25) is 0 Å². The molecule has 0 saturated carbocycles.